The first kappa shape index (κ1) is 9.90. The van der Waals surface area contributed by atoms with Gasteiger partial charge in [0.05, 0.1) is 0 Å². The first-order chi connectivity index (χ1) is 6.54. The van der Waals surface area contributed by atoms with Crippen LogP contribution < -0.4 is 0 Å². The molecule has 0 saturated carbocycles. The van der Waals surface area contributed by atoms with Crippen molar-refractivity contribution in [2.75, 3.05) is 0 Å². The first-order valence-corrected chi connectivity index (χ1v) is 5.08. The fraction of sp³-hybridized carbons (Fsp3) is 0.300. The molecule has 1 aromatic carbocycles. The Kier molecular flexibility index (Phi) is 2.47. The fourth-order valence-electron chi connectivity index (χ4n) is 1.58. The molecule has 0 unspecified atom stereocenters. The molecule has 0 bridgehead atoms. The van der Waals surface area contributed by atoms with E-state index in [1.54, 1.807) is 12.1 Å². The predicted molar refractivity (Wildman–Crippen MR) is 50.1 cm³/mol. The molecule has 1 aliphatic rings. The molecule has 0 aromatic heterocycles. The second-order valence-corrected chi connectivity index (χ2v) is 4.29. The summed E-state index contributed by atoms with van der Waals surface area (Å²) < 4.78 is 36.1. The number of hydrogen-bond donors (Lipinski definition) is 0. The molecule has 1 radical (unpaired) electrons. The highest BCUT2D eigenvalue weighted by molar-refractivity contribution is 8.00. The van der Waals surface area contributed by atoms with E-state index in [2.05, 4.69) is 6.42 Å². The molecule has 0 nitrogen and oxygen atoms in total. The number of halogens is 3. The second-order valence-electron chi connectivity index (χ2n) is 3.15. The van der Waals surface area contributed by atoms with Crippen molar-refractivity contribution >= 4 is 11.8 Å². The van der Waals surface area contributed by atoms with E-state index in [9.17, 15) is 13.2 Å². The van der Waals surface area contributed by atoms with Crippen molar-refractivity contribution in [3.05, 3.63) is 35.7 Å². The van der Waals surface area contributed by atoms with Gasteiger partial charge < -0.3 is 0 Å². The topological polar surface area (TPSA) is 0 Å². The number of rotatable bonds is 1. The van der Waals surface area contributed by atoms with Crippen LogP contribution in [0, 0.1) is 6.42 Å². The summed E-state index contributed by atoms with van der Waals surface area (Å²) in [5.41, 5.74) is -2.08. The van der Waals surface area contributed by atoms with Gasteiger partial charge >= 0.3 is 5.51 Å². The smallest absolute Gasteiger partial charge is 0.160 e. The second kappa shape index (κ2) is 3.50. The van der Waals surface area contributed by atoms with E-state index in [1.165, 1.54) is 6.07 Å². The van der Waals surface area contributed by atoms with Crippen molar-refractivity contribution in [2.24, 2.45) is 0 Å². The lowest BCUT2D eigenvalue weighted by molar-refractivity contribution is -0.0328. The van der Waals surface area contributed by atoms with Crippen molar-refractivity contribution < 1.29 is 13.2 Å². The predicted octanol–water partition coefficient (Wildman–Crippen LogP) is 3.80. The third-order valence-corrected chi connectivity index (χ3v) is 2.85. The zero-order chi connectivity index (χ0) is 10.2. The standard InChI is InChI=1S/C10H8F3S/c11-10(12,13)14-9-5-4-7-2-1-3-8(7)6-9/h2,4-6H,1,3H2. The van der Waals surface area contributed by atoms with E-state index in [0.717, 1.165) is 24.0 Å². The molecule has 0 spiro atoms. The van der Waals surface area contributed by atoms with Crippen molar-refractivity contribution in [1.82, 2.24) is 0 Å². The molecule has 2 rings (SSSR count). The van der Waals surface area contributed by atoms with Crippen LogP contribution in [0.5, 0.6) is 0 Å². The van der Waals surface area contributed by atoms with Crippen molar-refractivity contribution in [3.8, 4) is 0 Å². The highest BCUT2D eigenvalue weighted by atomic mass is 32.2. The lowest BCUT2D eigenvalue weighted by Crippen LogP contribution is -1.99. The van der Waals surface area contributed by atoms with Crippen LogP contribution in [0.3, 0.4) is 0 Å². The quantitative estimate of drug-likeness (QED) is 0.645. The summed E-state index contributed by atoms with van der Waals surface area (Å²) in [5.74, 6) is 0. The maximum absolute atomic E-state index is 12.0. The Morgan fingerprint density at radius 1 is 1.21 bits per heavy atom. The molecular weight excluding hydrogens is 209 g/mol. The molecule has 4 heteroatoms. The van der Waals surface area contributed by atoms with E-state index in [4.69, 9.17) is 0 Å². The molecular formula is C10H8F3S. The van der Waals surface area contributed by atoms with Gasteiger partial charge in [-0.25, -0.2) is 0 Å². The van der Waals surface area contributed by atoms with Crippen LogP contribution in [0.1, 0.15) is 17.5 Å². The van der Waals surface area contributed by atoms with E-state index < -0.39 is 5.51 Å². The third kappa shape index (κ3) is 2.23. The number of thioether (sulfide) groups is 1. The zero-order valence-electron chi connectivity index (χ0n) is 7.27. The lowest BCUT2D eigenvalue weighted by atomic mass is 10.1. The number of fused-ring (bicyclic) bond motifs is 1. The zero-order valence-corrected chi connectivity index (χ0v) is 8.08. The Balaban J connectivity index is 2.21. The van der Waals surface area contributed by atoms with Gasteiger partial charge in [0.2, 0.25) is 0 Å². The van der Waals surface area contributed by atoms with Crippen molar-refractivity contribution in [3.63, 3.8) is 0 Å². The Morgan fingerprint density at radius 3 is 2.71 bits per heavy atom. The molecule has 0 fully saturated rings. The minimum Gasteiger partial charge on any atom is -0.160 e. The Morgan fingerprint density at radius 2 is 2.00 bits per heavy atom. The van der Waals surface area contributed by atoms with E-state index in [1.807, 2.05) is 0 Å². The van der Waals surface area contributed by atoms with Crippen LogP contribution in [0.2, 0.25) is 0 Å². The van der Waals surface area contributed by atoms with E-state index in [0.29, 0.717) is 0 Å². The summed E-state index contributed by atoms with van der Waals surface area (Å²) in [4.78, 5) is 0.284. The summed E-state index contributed by atoms with van der Waals surface area (Å²) in [5, 5.41) is 0. The van der Waals surface area contributed by atoms with Gasteiger partial charge in [0.1, 0.15) is 0 Å². The first-order valence-electron chi connectivity index (χ1n) is 4.26. The summed E-state index contributed by atoms with van der Waals surface area (Å²) in [6.07, 6.45) is 3.86. The monoisotopic (exact) mass is 217 g/mol. The average molecular weight is 217 g/mol. The van der Waals surface area contributed by atoms with Gasteiger partial charge in [0, 0.05) is 4.90 Å². The summed E-state index contributed by atoms with van der Waals surface area (Å²) in [7, 11) is 0. The highest BCUT2D eigenvalue weighted by Crippen LogP contribution is 2.38. The van der Waals surface area contributed by atoms with E-state index >= 15 is 0 Å². The molecule has 1 aliphatic carbocycles. The summed E-state index contributed by atoms with van der Waals surface area (Å²) in [6, 6.07) is 4.92. The van der Waals surface area contributed by atoms with Gasteiger partial charge in [0.15, 0.2) is 0 Å². The molecule has 0 heterocycles. The third-order valence-electron chi connectivity index (χ3n) is 2.13. The van der Waals surface area contributed by atoms with Crippen LogP contribution in [0.4, 0.5) is 13.2 Å². The number of hydrogen-bond acceptors (Lipinski definition) is 1. The van der Waals surface area contributed by atoms with Gasteiger partial charge in [-0.3, -0.25) is 0 Å². The highest BCUT2D eigenvalue weighted by Gasteiger charge is 2.29. The number of alkyl halides is 3. The van der Waals surface area contributed by atoms with Crippen molar-refractivity contribution in [1.29, 1.82) is 0 Å². The van der Waals surface area contributed by atoms with Crippen LogP contribution in [0.25, 0.3) is 0 Å². The fourth-order valence-corrected chi connectivity index (χ4v) is 2.18. The van der Waals surface area contributed by atoms with Crippen molar-refractivity contribution in [2.45, 2.75) is 23.2 Å². The number of benzene rings is 1. The molecule has 1 aromatic rings. The van der Waals surface area contributed by atoms with Crippen LogP contribution in [-0.4, -0.2) is 5.51 Å². The average Bonchev–Trinajstić information content (AvgIpc) is 2.47. The molecule has 0 N–H and O–H groups in total. The molecule has 75 valence electrons. The molecule has 14 heavy (non-hydrogen) atoms. The van der Waals surface area contributed by atoms with Gasteiger partial charge in [-0.05, 0) is 54.3 Å². The van der Waals surface area contributed by atoms with Gasteiger partial charge in [-0.15, -0.1) is 0 Å². The number of aryl methyl sites for hydroxylation is 1. The Hall–Kier alpha value is -0.640. The molecule has 0 atom stereocenters. The molecule has 0 saturated heterocycles. The Labute approximate surface area is 84.5 Å². The largest absolute Gasteiger partial charge is 0.446 e. The van der Waals surface area contributed by atoms with Gasteiger partial charge in [0.25, 0.3) is 0 Å². The maximum Gasteiger partial charge on any atom is 0.446 e. The minimum atomic E-state index is -4.18. The van der Waals surface area contributed by atoms with Crippen LogP contribution in [-0.2, 0) is 6.42 Å². The molecule has 0 aliphatic heterocycles. The SMILES string of the molecule is FC(F)(F)Sc1ccc2c(c1)CC[CH]2. The maximum atomic E-state index is 12.0. The lowest BCUT2D eigenvalue weighted by Gasteiger charge is -2.06. The van der Waals surface area contributed by atoms with Gasteiger partial charge in [-0.1, -0.05) is 6.07 Å². The van der Waals surface area contributed by atoms with Crippen LogP contribution in [0.15, 0.2) is 23.1 Å². The summed E-state index contributed by atoms with van der Waals surface area (Å²) in [6.45, 7) is 0. The normalized spacial score (nSPS) is 15.6. The van der Waals surface area contributed by atoms with E-state index in [-0.39, 0.29) is 16.7 Å². The van der Waals surface area contributed by atoms with Crippen LogP contribution >= 0.6 is 11.8 Å². The van der Waals surface area contributed by atoms with Gasteiger partial charge in [-0.2, -0.15) is 13.2 Å². The minimum absolute atomic E-state index is 0.0471. The molecule has 0 amide bonds. The Bertz CT molecular complexity index is 344. The summed E-state index contributed by atoms with van der Waals surface area (Å²) >= 11 is -0.0471.